The highest BCUT2D eigenvalue weighted by Crippen LogP contribution is 2.29. The minimum Gasteiger partial charge on any atom is -0.444 e. The van der Waals surface area contributed by atoms with Crippen molar-refractivity contribution in [2.75, 3.05) is 19.6 Å². The van der Waals surface area contributed by atoms with Gasteiger partial charge in [-0.15, -0.1) is 0 Å². The molecule has 20 heavy (non-hydrogen) atoms. The van der Waals surface area contributed by atoms with E-state index >= 15 is 0 Å². The van der Waals surface area contributed by atoms with Crippen molar-refractivity contribution in [2.24, 2.45) is 0 Å². The van der Waals surface area contributed by atoms with Gasteiger partial charge in [0.2, 0.25) is 0 Å². The maximum atomic E-state index is 12.3. The minimum atomic E-state index is -0.493. The molecule has 1 N–H and O–H groups in total. The number of carbonyl (C=O) groups excluding carboxylic acids is 1. The van der Waals surface area contributed by atoms with Gasteiger partial charge in [-0.25, -0.2) is 4.79 Å². The minimum absolute atomic E-state index is 0.0905. The van der Waals surface area contributed by atoms with Crippen molar-refractivity contribution in [1.82, 2.24) is 10.2 Å². The lowest BCUT2D eigenvalue weighted by molar-refractivity contribution is 0.0118. The summed E-state index contributed by atoms with van der Waals surface area (Å²) in [5.41, 5.74) is 0.458. The van der Waals surface area contributed by atoms with Gasteiger partial charge in [0.1, 0.15) is 5.60 Å². The lowest BCUT2D eigenvalue weighted by atomic mass is 10.0. The van der Waals surface area contributed by atoms with E-state index in [1.54, 1.807) is 4.90 Å². The fraction of sp³-hybridized carbons (Fsp3) is 0.533. The third kappa shape index (κ3) is 3.64. The zero-order valence-electron chi connectivity index (χ0n) is 12.1. The first-order chi connectivity index (χ1) is 9.38. The van der Waals surface area contributed by atoms with Crippen LogP contribution >= 0.6 is 11.6 Å². The predicted octanol–water partition coefficient (Wildman–Crippen LogP) is 3.22. The van der Waals surface area contributed by atoms with Crippen LogP contribution in [0.4, 0.5) is 4.79 Å². The average Bonchev–Trinajstić information content (AvgIpc) is 2.37. The SMILES string of the molecule is CC(C)(C)OC(=O)N1CCNC[C@H]1c1ccccc1Cl. The van der Waals surface area contributed by atoms with Crippen molar-refractivity contribution in [3.05, 3.63) is 34.9 Å². The topological polar surface area (TPSA) is 41.6 Å². The molecule has 0 aliphatic carbocycles. The number of piperazine rings is 1. The van der Waals surface area contributed by atoms with Gasteiger partial charge in [-0.05, 0) is 32.4 Å². The van der Waals surface area contributed by atoms with Gasteiger partial charge in [0.25, 0.3) is 0 Å². The summed E-state index contributed by atoms with van der Waals surface area (Å²) in [5.74, 6) is 0. The van der Waals surface area contributed by atoms with Gasteiger partial charge in [0.05, 0.1) is 6.04 Å². The van der Waals surface area contributed by atoms with Crippen LogP contribution in [0.3, 0.4) is 0 Å². The van der Waals surface area contributed by atoms with Gasteiger partial charge in [-0.1, -0.05) is 29.8 Å². The van der Waals surface area contributed by atoms with Gasteiger partial charge in [-0.3, -0.25) is 4.90 Å². The summed E-state index contributed by atoms with van der Waals surface area (Å²) in [7, 11) is 0. The third-order valence-corrected chi connectivity index (χ3v) is 3.48. The van der Waals surface area contributed by atoms with Crippen molar-refractivity contribution in [3.63, 3.8) is 0 Å². The first-order valence-electron chi connectivity index (χ1n) is 6.83. The Hall–Kier alpha value is -1.26. The Morgan fingerprint density at radius 1 is 1.40 bits per heavy atom. The molecule has 0 radical (unpaired) electrons. The van der Waals surface area contributed by atoms with Gasteiger partial charge < -0.3 is 10.1 Å². The Balaban J connectivity index is 2.22. The summed E-state index contributed by atoms with van der Waals surface area (Å²) in [4.78, 5) is 14.1. The molecule has 1 saturated heterocycles. The van der Waals surface area contributed by atoms with Crippen LogP contribution < -0.4 is 5.32 Å². The maximum Gasteiger partial charge on any atom is 0.410 e. The monoisotopic (exact) mass is 296 g/mol. The van der Waals surface area contributed by atoms with E-state index in [2.05, 4.69) is 5.32 Å². The lowest BCUT2D eigenvalue weighted by Gasteiger charge is -2.37. The third-order valence-electron chi connectivity index (χ3n) is 3.14. The molecule has 1 amide bonds. The number of nitrogens with zero attached hydrogens (tertiary/aromatic N) is 1. The quantitative estimate of drug-likeness (QED) is 0.865. The lowest BCUT2D eigenvalue weighted by Crippen LogP contribution is -2.50. The van der Waals surface area contributed by atoms with Crippen LogP contribution in [0, 0.1) is 0 Å². The summed E-state index contributed by atoms with van der Waals surface area (Å²) in [6.45, 7) is 7.68. The molecule has 5 heteroatoms. The molecule has 1 aliphatic rings. The molecule has 110 valence electrons. The molecule has 1 aromatic rings. The Labute approximate surface area is 125 Å². The Morgan fingerprint density at radius 2 is 2.10 bits per heavy atom. The normalized spacial score (nSPS) is 19.8. The largest absolute Gasteiger partial charge is 0.444 e. The Kier molecular flexibility index (Phi) is 4.55. The van der Waals surface area contributed by atoms with Crippen LogP contribution in [0.5, 0.6) is 0 Å². The number of carbonyl (C=O) groups is 1. The second-order valence-corrected chi connectivity index (χ2v) is 6.32. The van der Waals surface area contributed by atoms with Crippen LogP contribution in [0.2, 0.25) is 5.02 Å². The molecular formula is C15H21ClN2O2. The van der Waals surface area contributed by atoms with E-state index in [9.17, 15) is 4.79 Å². The van der Waals surface area contributed by atoms with Crippen molar-refractivity contribution >= 4 is 17.7 Å². The Bertz CT molecular complexity index is 485. The van der Waals surface area contributed by atoms with Crippen molar-refractivity contribution in [3.8, 4) is 0 Å². The number of ether oxygens (including phenoxy) is 1. The first kappa shape index (κ1) is 15.1. The van der Waals surface area contributed by atoms with E-state index in [1.807, 2.05) is 45.0 Å². The molecule has 0 bridgehead atoms. The number of amides is 1. The molecule has 1 fully saturated rings. The molecule has 0 aromatic heterocycles. The predicted molar refractivity (Wildman–Crippen MR) is 80.0 cm³/mol. The molecule has 0 saturated carbocycles. The number of rotatable bonds is 1. The molecule has 1 aromatic carbocycles. The van der Waals surface area contributed by atoms with E-state index in [1.165, 1.54) is 0 Å². The highest BCUT2D eigenvalue weighted by Gasteiger charge is 2.32. The molecule has 1 heterocycles. The Morgan fingerprint density at radius 3 is 2.75 bits per heavy atom. The first-order valence-corrected chi connectivity index (χ1v) is 7.21. The summed E-state index contributed by atoms with van der Waals surface area (Å²) in [5, 5.41) is 3.98. The van der Waals surface area contributed by atoms with Gasteiger partial charge in [-0.2, -0.15) is 0 Å². The number of benzene rings is 1. The molecule has 1 atom stereocenters. The summed E-state index contributed by atoms with van der Waals surface area (Å²) < 4.78 is 5.48. The number of nitrogens with one attached hydrogen (secondary N) is 1. The number of hydrogen-bond acceptors (Lipinski definition) is 3. The van der Waals surface area contributed by atoms with Gasteiger partial charge in [0.15, 0.2) is 0 Å². The fourth-order valence-corrected chi connectivity index (χ4v) is 2.53. The van der Waals surface area contributed by atoms with Crippen LogP contribution in [-0.4, -0.2) is 36.2 Å². The average molecular weight is 297 g/mol. The van der Waals surface area contributed by atoms with E-state index < -0.39 is 5.60 Å². The molecular weight excluding hydrogens is 276 g/mol. The fourth-order valence-electron chi connectivity index (χ4n) is 2.27. The van der Waals surface area contributed by atoms with Gasteiger partial charge in [0, 0.05) is 24.7 Å². The van der Waals surface area contributed by atoms with Crippen LogP contribution in [0.15, 0.2) is 24.3 Å². The van der Waals surface area contributed by atoms with Crippen molar-refractivity contribution in [1.29, 1.82) is 0 Å². The standard InChI is InChI=1S/C15H21ClN2O2/c1-15(2,3)20-14(19)18-9-8-17-10-13(18)11-6-4-5-7-12(11)16/h4-7,13,17H,8-10H2,1-3H3/t13-/m0/s1. The smallest absolute Gasteiger partial charge is 0.410 e. The molecule has 1 aliphatic heterocycles. The highest BCUT2D eigenvalue weighted by molar-refractivity contribution is 6.31. The second kappa shape index (κ2) is 6.02. The summed E-state index contributed by atoms with van der Waals surface area (Å²) >= 11 is 6.25. The maximum absolute atomic E-state index is 12.3. The van der Waals surface area contributed by atoms with Crippen molar-refractivity contribution in [2.45, 2.75) is 32.4 Å². The van der Waals surface area contributed by atoms with E-state index in [0.717, 1.165) is 12.1 Å². The van der Waals surface area contributed by atoms with E-state index in [4.69, 9.17) is 16.3 Å². The zero-order chi connectivity index (χ0) is 14.8. The zero-order valence-corrected chi connectivity index (χ0v) is 12.9. The second-order valence-electron chi connectivity index (χ2n) is 5.92. The van der Waals surface area contributed by atoms with Crippen LogP contribution in [0.1, 0.15) is 32.4 Å². The molecule has 2 rings (SSSR count). The molecule has 0 spiro atoms. The number of hydrogen-bond donors (Lipinski definition) is 1. The number of halogens is 1. The highest BCUT2D eigenvalue weighted by atomic mass is 35.5. The van der Waals surface area contributed by atoms with Gasteiger partial charge >= 0.3 is 6.09 Å². The van der Waals surface area contributed by atoms with Crippen molar-refractivity contribution < 1.29 is 9.53 Å². The molecule has 4 nitrogen and oxygen atoms in total. The summed E-state index contributed by atoms with van der Waals surface area (Å²) in [6, 6.07) is 7.53. The molecule has 0 unspecified atom stereocenters. The van der Waals surface area contributed by atoms with Crippen LogP contribution in [-0.2, 0) is 4.74 Å². The summed E-state index contributed by atoms with van der Waals surface area (Å²) in [6.07, 6.45) is -0.288. The van der Waals surface area contributed by atoms with E-state index in [-0.39, 0.29) is 12.1 Å². The van der Waals surface area contributed by atoms with Crippen LogP contribution in [0.25, 0.3) is 0 Å². The van der Waals surface area contributed by atoms with E-state index in [0.29, 0.717) is 18.1 Å².